The monoisotopic (exact) mass is 278 g/mol. The first-order chi connectivity index (χ1) is 7.95. The van der Waals surface area contributed by atoms with Crippen LogP contribution in [0.3, 0.4) is 0 Å². The molecule has 1 aliphatic rings. The normalized spacial score (nSPS) is 16.6. The molecule has 0 aliphatic carbocycles. The molecule has 1 saturated heterocycles. The van der Waals surface area contributed by atoms with Gasteiger partial charge >= 0.3 is 5.97 Å². The van der Waals surface area contributed by atoms with Gasteiger partial charge in [-0.05, 0) is 45.7 Å². The number of carbonyl (C=O) groups is 2. The van der Waals surface area contributed by atoms with Crippen molar-refractivity contribution in [1.29, 1.82) is 0 Å². The largest absolute Gasteiger partial charge is 0.467 e. The predicted molar refractivity (Wildman–Crippen MR) is 71.7 cm³/mol. The number of piperidine rings is 1. The maximum atomic E-state index is 11.8. The van der Waals surface area contributed by atoms with Crippen LogP contribution in [0.5, 0.6) is 0 Å². The molecule has 0 unspecified atom stereocenters. The highest BCUT2D eigenvalue weighted by molar-refractivity contribution is 5.87. The van der Waals surface area contributed by atoms with Crippen molar-refractivity contribution in [3.05, 3.63) is 0 Å². The maximum absolute atomic E-state index is 11.8. The zero-order chi connectivity index (χ0) is 12.9. The van der Waals surface area contributed by atoms with Crippen molar-refractivity contribution < 1.29 is 14.3 Å². The Morgan fingerprint density at radius 2 is 1.89 bits per heavy atom. The van der Waals surface area contributed by atoms with E-state index >= 15 is 0 Å². The van der Waals surface area contributed by atoms with Crippen molar-refractivity contribution in [2.45, 2.75) is 38.6 Å². The molecule has 0 saturated carbocycles. The van der Waals surface area contributed by atoms with Gasteiger partial charge in [0.25, 0.3) is 0 Å². The summed E-state index contributed by atoms with van der Waals surface area (Å²) in [6, 6.07) is 0. The fraction of sp³-hybridized carbons (Fsp3) is 0.833. The van der Waals surface area contributed by atoms with Crippen LogP contribution in [0.2, 0.25) is 0 Å². The molecule has 1 heterocycles. The highest BCUT2D eigenvalue weighted by Crippen LogP contribution is 2.16. The average Bonchev–Trinajstić information content (AvgIpc) is 2.28. The molecule has 1 aliphatic heterocycles. The van der Waals surface area contributed by atoms with Crippen LogP contribution in [0.4, 0.5) is 0 Å². The first-order valence-corrected chi connectivity index (χ1v) is 6.06. The van der Waals surface area contributed by atoms with Gasteiger partial charge in [0.1, 0.15) is 5.54 Å². The number of esters is 1. The number of halogens is 1. The van der Waals surface area contributed by atoms with Crippen LogP contribution in [-0.4, -0.2) is 37.6 Å². The van der Waals surface area contributed by atoms with E-state index in [2.05, 4.69) is 15.4 Å². The Morgan fingerprint density at radius 3 is 2.39 bits per heavy atom. The summed E-state index contributed by atoms with van der Waals surface area (Å²) in [6.45, 7) is 5.25. The van der Waals surface area contributed by atoms with E-state index < -0.39 is 11.5 Å². The molecule has 1 amide bonds. The molecular formula is C12H23ClN2O3. The molecule has 2 N–H and O–H groups in total. The van der Waals surface area contributed by atoms with Crippen LogP contribution >= 0.6 is 12.4 Å². The molecule has 1 fully saturated rings. The summed E-state index contributed by atoms with van der Waals surface area (Å²) in [7, 11) is 1.32. The molecule has 18 heavy (non-hydrogen) atoms. The topological polar surface area (TPSA) is 67.4 Å². The summed E-state index contributed by atoms with van der Waals surface area (Å²) >= 11 is 0. The Kier molecular flexibility index (Phi) is 7.25. The van der Waals surface area contributed by atoms with Crippen molar-refractivity contribution in [2.75, 3.05) is 20.2 Å². The molecule has 0 atom stereocenters. The van der Waals surface area contributed by atoms with E-state index in [4.69, 9.17) is 0 Å². The Bertz CT molecular complexity index is 289. The molecule has 6 heteroatoms. The third kappa shape index (κ3) is 5.23. The third-order valence-corrected chi connectivity index (χ3v) is 3.08. The lowest BCUT2D eigenvalue weighted by Gasteiger charge is -2.26. The molecule has 0 spiro atoms. The van der Waals surface area contributed by atoms with Gasteiger partial charge in [-0.1, -0.05) is 0 Å². The molecule has 0 aromatic carbocycles. The number of ether oxygens (including phenoxy) is 1. The van der Waals surface area contributed by atoms with E-state index in [9.17, 15) is 9.59 Å². The van der Waals surface area contributed by atoms with Gasteiger partial charge < -0.3 is 15.4 Å². The minimum absolute atomic E-state index is 0. The van der Waals surface area contributed by atoms with Crippen LogP contribution in [0.25, 0.3) is 0 Å². The minimum Gasteiger partial charge on any atom is -0.467 e. The number of rotatable bonds is 4. The van der Waals surface area contributed by atoms with E-state index in [1.165, 1.54) is 7.11 Å². The van der Waals surface area contributed by atoms with Gasteiger partial charge in [-0.25, -0.2) is 4.79 Å². The highest BCUT2D eigenvalue weighted by Gasteiger charge is 2.31. The van der Waals surface area contributed by atoms with E-state index in [-0.39, 0.29) is 18.3 Å². The number of nitrogens with one attached hydrogen (secondary N) is 2. The molecule has 0 aromatic heterocycles. The van der Waals surface area contributed by atoms with E-state index in [0.717, 1.165) is 25.9 Å². The second-order valence-electron chi connectivity index (χ2n) is 5.06. The van der Waals surface area contributed by atoms with Gasteiger partial charge in [0.05, 0.1) is 7.11 Å². The van der Waals surface area contributed by atoms with Crippen molar-refractivity contribution >= 4 is 24.3 Å². The van der Waals surface area contributed by atoms with E-state index in [1.807, 2.05) is 0 Å². The van der Waals surface area contributed by atoms with Crippen molar-refractivity contribution in [3.8, 4) is 0 Å². The lowest BCUT2D eigenvalue weighted by Crippen LogP contribution is -2.50. The van der Waals surface area contributed by atoms with Crippen molar-refractivity contribution in [1.82, 2.24) is 10.6 Å². The number of carbonyl (C=O) groups excluding carboxylic acids is 2. The van der Waals surface area contributed by atoms with Gasteiger partial charge in [0.2, 0.25) is 5.91 Å². The molecule has 0 aromatic rings. The average molecular weight is 279 g/mol. The smallest absolute Gasteiger partial charge is 0.330 e. The summed E-state index contributed by atoms with van der Waals surface area (Å²) < 4.78 is 4.64. The summed E-state index contributed by atoms with van der Waals surface area (Å²) in [4.78, 5) is 23.2. The van der Waals surface area contributed by atoms with E-state index in [1.54, 1.807) is 13.8 Å². The lowest BCUT2D eigenvalue weighted by atomic mass is 9.93. The molecule has 106 valence electrons. The lowest BCUT2D eigenvalue weighted by molar-refractivity contribution is -0.149. The van der Waals surface area contributed by atoms with E-state index in [0.29, 0.717) is 12.3 Å². The third-order valence-electron chi connectivity index (χ3n) is 3.08. The molecular weight excluding hydrogens is 256 g/mol. The number of hydrogen-bond donors (Lipinski definition) is 2. The first-order valence-electron chi connectivity index (χ1n) is 6.06. The Balaban J connectivity index is 0.00000289. The zero-order valence-corrected chi connectivity index (χ0v) is 12.1. The highest BCUT2D eigenvalue weighted by atomic mass is 35.5. The van der Waals surface area contributed by atoms with Crippen LogP contribution in [0, 0.1) is 5.92 Å². The van der Waals surface area contributed by atoms with Crippen LogP contribution in [0.15, 0.2) is 0 Å². The number of hydrogen-bond acceptors (Lipinski definition) is 4. The minimum atomic E-state index is -0.946. The fourth-order valence-electron chi connectivity index (χ4n) is 2.05. The number of amides is 1. The zero-order valence-electron chi connectivity index (χ0n) is 11.2. The molecule has 0 radical (unpaired) electrons. The predicted octanol–water partition coefficient (Wildman–Crippen LogP) is 0.866. The summed E-state index contributed by atoms with van der Waals surface area (Å²) in [5, 5.41) is 5.98. The fourth-order valence-corrected chi connectivity index (χ4v) is 2.05. The SMILES string of the molecule is COC(=O)C(C)(C)NC(=O)CC1CCNCC1.Cl. The summed E-state index contributed by atoms with van der Waals surface area (Å²) in [5.41, 5.74) is -0.946. The summed E-state index contributed by atoms with van der Waals surface area (Å²) in [6.07, 6.45) is 2.53. The van der Waals surface area contributed by atoms with Gasteiger partial charge in [-0.3, -0.25) is 4.79 Å². The summed E-state index contributed by atoms with van der Waals surface area (Å²) in [5.74, 6) is -0.0758. The molecule has 1 rings (SSSR count). The molecule has 0 bridgehead atoms. The first kappa shape index (κ1) is 17.2. The van der Waals surface area contributed by atoms with Gasteiger partial charge in [0, 0.05) is 6.42 Å². The standard InChI is InChI=1S/C12H22N2O3.ClH/c1-12(2,11(16)17-3)14-10(15)8-9-4-6-13-7-5-9;/h9,13H,4-8H2,1-3H3,(H,14,15);1H. The second kappa shape index (κ2) is 7.59. The van der Waals surface area contributed by atoms with Crippen molar-refractivity contribution in [3.63, 3.8) is 0 Å². The van der Waals surface area contributed by atoms with Crippen LogP contribution < -0.4 is 10.6 Å². The Hall–Kier alpha value is -0.810. The van der Waals surface area contributed by atoms with Gasteiger partial charge in [-0.2, -0.15) is 0 Å². The van der Waals surface area contributed by atoms with Crippen molar-refractivity contribution in [2.24, 2.45) is 5.92 Å². The molecule has 5 nitrogen and oxygen atoms in total. The van der Waals surface area contributed by atoms with Crippen LogP contribution in [0.1, 0.15) is 33.1 Å². The van der Waals surface area contributed by atoms with Gasteiger partial charge in [0.15, 0.2) is 0 Å². The van der Waals surface area contributed by atoms with Crippen LogP contribution in [-0.2, 0) is 14.3 Å². The van der Waals surface area contributed by atoms with Gasteiger partial charge in [-0.15, -0.1) is 12.4 Å². The second-order valence-corrected chi connectivity index (χ2v) is 5.06. The number of methoxy groups -OCH3 is 1. The Labute approximate surface area is 114 Å². The Morgan fingerprint density at radius 1 is 1.33 bits per heavy atom. The quantitative estimate of drug-likeness (QED) is 0.749. The maximum Gasteiger partial charge on any atom is 0.330 e.